The minimum absolute atomic E-state index is 0.0150. The van der Waals surface area contributed by atoms with Gasteiger partial charge in [0.15, 0.2) is 0 Å². The molecule has 4 nitrogen and oxygen atoms in total. The van der Waals surface area contributed by atoms with Gasteiger partial charge in [-0.25, -0.2) is 0 Å². The van der Waals surface area contributed by atoms with E-state index < -0.39 is 0 Å². The quantitative estimate of drug-likeness (QED) is 0.903. The van der Waals surface area contributed by atoms with Crippen LogP contribution in [0.5, 0.6) is 5.75 Å². The maximum atomic E-state index is 12.4. The van der Waals surface area contributed by atoms with Gasteiger partial charge in [0.25, 0.3) is 0 Å². The van der Waals surface area contributed by atoms with Gasteiger partial charge in [-0.3, -0.25) is 9.69 Å². The molecule has 2 aromatic carbocycles. The molecule has 3 rings (SSSR count). The van der Waals surface area contributed by atoms with Crippen LogP contribution >= 0.6 is 11.6 Å². The van der Waals surface area contributed by atoms with Crippen molar-refractivity contribution in [2.45, 2.75) is 19.0 Å². The van der Waals surface area contributed by atoms with E-state index in [1.807, 2.05) is 60.5 Å². The molecule has 1 heterocycles. The Balaban J connectivity index is 1.56. The lowest BCUT2D eigenvalue weighted by Gasteiger charge is -2.27. The van der Waals surface area contributed by atoms with Crippen molar-refractivity contribution in [1.82, 2.24) is 10.2 Å². The number of likely N-dealkylation sites (N-methyl/N-ethyl adjacent to an activating group) is 1. The average molecular weight is 345 g/mol. The third kappa shape index (κ3) is 4.28. The fourth-order valence-corrected chi connectivity index (χ4v) is 3.19. The number of hydrogen-bond donors (Lipinski definition) is 1. The molecule has 5 heteroatoms. The summed E-state index contributed by atoms with van der Waals surface area (Å²) in [6.07, 6.45) is 0.792. The number of benzene rings is 2. The van der Waals surface area contributed by atoms with E-state index in [-0.39, 0.29) is 11.9 Å². The van der Waals surface area contributed by atoms with Crippen LogP contribution in [0, 0.1) is 0 Å². The summed E-state index contributed by atoms with van der Waals surface area (Å²) in [5.41, 5.74) is 2.14. The standard InChI is InChI=1S/C19H21ClN2O2/c1-22(12-14-5-4-6-15(20)11-14)13-19(23)21-17-9-10-24-18-8-3-2-7-16(17)18/h2-8,11,17H,9-10,12-13H2,1H3,(H,21,23). The number of ether oxygens (including phenoxy) is 1. The Kier molecular flexibility index (Phi) is 5.38. The van der Waals surface area contributed by atoms with Crippen LogP contribution in [0.2, 0.25) is 5.02 Å². The van der Waals surface area contributed by atoms with Crippen LogP contribution in [0.3, 0.4) is 0 Å². The first-order valence-corrected chi connectivity index (χ1v) is 8.43. The number of para-hydroxylation sites is 1. The molecule has 0 aliphatic carbocycles. The molecule has 0 saturated heterocycles. The molecule has 1 unspecified atom stereocenters. The van der Waals surface area contributed by atoms with Crippen molar-refractivity contribution in [3.63, 3.8) is 0 Å². The number of halogens is 1. The second-order valence-electron chi connectivity index (χ2n) is 6.10. The molecule has 0 bridgehead atoms. The topological polar surface area (TPSA) is 41.6 Å². The van der Waals surface area contributed by atoms with Gasteiger partial charge in [0.05, 0.1) is 19.2 Å². The van der Waals surface area contributed by atoms with Crippen LogP contribution in [0.4, 0.5) is 0 Å². The Morgan fingerprint density at radius 2 is 2.12 bits per heavy atom. The second-order valence-corrected chi connectivity index (χ2v) is 6.53. The smallest absolute Gasteiger partial charge is 0.234 e. The molecule has 0 fully saturated rings. The van der Waals surface area contributed by atoms with E-state index in [4.69, 9.17) is 16.3 Å². The first kappa shape index (κ1) is 16.8. The van der Waals surface area contributed by atoms with Crippen LogP contribution < -0.4 is 10.1 Å². The van der Waals surface area contributed by atoms with Gasteiger partial charge in [-0.15, -0.1) is 0 Å². The minimum Gasteiger partial charge on any atom is -0.493 e. The van der Waals surface area contributed by atoms with Crippen molar-refractivity contribution in [3.05, 3.63) is 64.7 Å². The molecule has 0 aromatic heterocycles. The summed E-state index contributed by atoms with van der Waals surface area (Å²) in [4.78, 5) is 14.3. The zero-order valence-corrected chi connectivity index (χ0v) is 14.4. The van der Waals surface area contributed by atoms with Crippen molar-refractivity contribution < 1.29 is 9.53 Å². The van der Waals surface area contributed by atoms with Crippen LogP contribution in [0.15, 0.2) is 48.5 Å². The monoisotopic (exact) mass is 344 g/mol. The SMILES string of the molecule is CN(CC(=O)NC1CCOc2ccccc21)Cc1cccc(Cl)c1. The molecule has 2 aromatic rings. The maximum Gasteiger partial charge on any atom is 0.234 e. The molecule has 1 aliphatic rings. The van der Waals surface area contributed by atoms with E-state index in [2.05, 4.69) is 5.32 Å². The van der Waals surface area contributed by atoms with Gasteiger partial charge in [0, 0.05) is 23.6 Å². The van der Waals surface area contributed by atoms with Crippen LogP contribution in [0.1, 0.15) is 23.6 Å². The van der Waals surface area contributed by atoms with Gasteiger partial charge in [-0.1, -0.05) is 41.9 Å². The van der Waals surface area contributed by atoms with Crippen LogP contribution in [-0.2, 0) is 11.3 Å². The lowest BCUT2D eigenvalue weighted by Crippen LogP contribution is -2.38. The number of nitrogens with zero attached hydrogens (tertiary/aromatic N) is 1. The molecule has 1 atom stereocenters. The summed E-state index contributed by atoms with van der Waals surface area (Å²) in [6.45, 7) is 1.64. The summed E-state index contributed by atoms with van der Waals surface area (Å²) >= 11 is 6.00. The first-order chi connectivity index (χ1) is 11.6. The van der Waals surface area contributed by atoms with Gasteiger partial charge in [0.1, 0.15) is 5.75 Å². The van der Waals surface area contributed by atoms with E-state index in [0.717, 1.165) is 23.3 Å². The summed E-state index contributed by atoms with van der Waals surface area (Å²) in [5.74, 6) is 0.877. The van der Waals surface area contributed by atoms with Gasteiger partial charge in [-0.05, 0) is 30.8 Å². The molecule has 0 radical (unpaired) electrons. The fraction of sp³-hybridized carbons (Fsp3) is 0.316. The van der Waals surface area contributed by atoms with Gasteiger partial charge in [-0.2, -0.15) is 0 Å². The molecule has 1 amide bonds. The minimum atomic E-state index is 0.0150. The summed E-state index contributed by atoms with van der Waals surface area (Å²) < 4.78 is 5.63. The lowest BCUT2D eigenvalue weighted by molar-refractivity contribution is -0.123. The predicted octanol–water partition coefficient (Wildman–Crippen LogP) is 3.41. The van der Waals surface area contributed by atoms with Gasteiger partial charge >= 0.3 is 0 Å². The Labute approximate surface area is 147 Å². The van der Waals surface area contributed by atoms with Gasteiger partial charge < -0.3 is 10.1 Å². The van der Waals surface area contributed by atoms with E-state index >= 15 is 0 Å². The van der Waals surface area contributed by atoms with Crippen molar-refractivity contribution in [2.24, 2.45) is 0 Å². The third-order valence-electron chi connectivity index (χ3n) is 4.05. The highest BCUT2D eigenvalue weighted by atomic mass is 35.5. The zero-order valence-electron chi connectivity index (χ0n) is 13.7. The van der Waals surface area contributed by atoms with Crippen molar-refractivity contribution in [1.29, 1.82) is 0 Å². The number of amides is 1. The van der Waals surface area contributed by atoms with Crippen LogP contribution in [0.25, 0.3) is 0 Å². The van der Waals surface area contributed by atoms with Crippen LogP contribution in [-0.4, -0.2) is 31.0 Å². The number of nitrogens with one attached hydrogen (secondary N) is 1. The number of rotatable bonds is 5. The second kappa shape index (κ2) is 7.69. The zero-order chi connectivity index (χ0) is 16.9. The molecule has 0 spiro atoms. The molecule has 1 N–H and O–H groups in total. The first-order valence-electron chi connectivity index (χ1n) is 8.06. The average Bonchev–Trinajstić information content (AvgIpc) is 2.55. The number of carbonyl (C=O) groups excluding carboxylic acids is 1. The van der Waals surface area contributed by atoms with E-state index in [9.17, 15) is 4.79 Å². The Morgan fingerprint density at radius 1 is 1.29 bits per heavy atom. The molecule has 0 saturated carbocycles. The maximum absolute atomic E-state index is 12.4. The van der Waals surface area contributed by atoms with Crippen molar-refractivity contribution in [3.8, 4) is 5.75 Å². The number of hydrogen-bond acceptors (Lipinski definition) is 3. The molecular weight excluding hydrogens is 324 g/mol. The van der Waals surface area contributed by atoms with Crippen molar-refractivity contribution >= 4 is 17.5 Å². The predicted molar refractivity (Wildman–Crippen MR) is 95.2 cm³/mol. The molecule has 24 heavy (non-hydrogen) atoms. The fourth-order valence-electron chi connectivity index (χ4n) is 2.98. The Bertz CT molecular complexity index is 720. The Hall–Kier alpha value is -2.04. The highest BCUT2D eigenvalue weighted by Gasteiger charge is 2.22. The van der Waals surface area contributed by atoms with Crippen molar-refractivity contribution in [2.75, 3.05) is 20.2 Å². The van der Waals surface area contributed by atoms with E-state index in [1.54, 1.807) is 0 Å². The van der Waals surface area contributed by atoms with E-state index in [1.165, 1.54) is 0 Å². The largest absolute Gasteiger partial charge is 0.493 e. The summed E-state index contributed by atoms with van der Waals surface area (Å²) in [7, 11) is 1.93. The summed E-state index contributed by atoms with van der Waals surface area (Å²) in [5, 5.41) is 3.83. The molecule has 126 valence electrons. The molecular formula is C19H21ClN2O2. The normalized spacial score (nSPS) is 16.4. The molecule has 1 aliphatic heterocycles. The number of fused-ring (bicyclic) bond motifs is 1. The van der Waals surface area contributed by atoms with E-state index in [0.29, 0.717) is 24.7 Å². The lowest BCUT2D eigenvalue weighted by atomic mass is 10.0. The highest BCUT2D eigenvalue weighted by Crippen LogP contribution is 2.31. The summed E-state index contributed by atoms with van der Waals surface area (Å²) in [6, 6.07) is 15.6. The highest BCUT2D eigenvalue weighted by molar-refractivity contribution is 6.30. The van der Waals surface area contributed by atoms with Gasteiger partial charge in [0.2, 0.25) is 5.91 Å². The number of carbonyl (C=O) groups is 1. The third-order valence-corrected chi connectivity index (χ3v) is 4.28. The Morgan fingerprint density at radius 3 is 2.96 bits per heavy atom.